The van der Waals surface area contributed by atoms with E-state index >= 15 is 0 Å². The average molecular weight is 396 g/mol. The second-order valence-electron chi connectivity index (χ2n) is 8.20. The number of fused-ring (bicyclic) bond motifs is 1. The first kappa shape index (κ1) is 18.6. The summed E-state index contributed by atoms with van der Waals surface area (Å²) in [5, 5.41) is -0.104. The molecule has 3 heterocycles. The summed E-state index contributed by atoms with van der Waals surface area (Å²) >= 11 is 0. The van der Waals surface area contributed by atoms with Crippen LogP contribution in [0, 0.1) is 17.8 Å². The van der Waals surface area contributed by atoms with E-state index < -0.39 is 22.4 Å². The van der Waals surface area contributed by atoms with Gasteiger partial charge in [0.15, 0.2) is 0 Å². The highest BCUT2D eigenvalue weighted by Gasteiger charge is 2.43. The lowest BCUT2D eigenvalue weighted by molar-refractivity contribution is -0.134. The molecule has 2 aliphatic heterocycles. The maximum atomic E-state index is 12.8. The summed E-state index contributed by atoms with van der Waals surface area (Å²) in [6.45, 7) is 3.70. The van der Waals surface area contributed by atoms with Gasteiger partial charge in [0, 0.05) is 56.3 Å². The van der Waals surface area contributed by atoms with Crippen LogP contribution in [0.5, 0.6) is 0 Å². The number of anilines is 1. The van der Waals surface area contributed by atoms with E-state index in [2.05, 4.69) is 14.9 Å². The van der Waals surface area contributed by atoms with E-state index in [-0.39, 0.29) is 11.1 Å². The molecule has 27 heavy (non-hydrogen) atoms. The fourth-order valence-corrected chi connectivity index (χ4v) is 4.61. The molecule has 4 rings (SSSR count). The van der Waals surface area contributed by atoms with Crippen molar-refractivity contribution in [3.05, 3.63) is 11.8 Å². The third-order valence-electron chi connectivity index (χ3n) is 5.81. The molecule has 1 amide bonds. The van der Waals surface area contributed by atoms with Crippen molar-refractivity contribution in [2.24, 2.45) is 17.8 Å². The van der Waals surface area contributed by atoms with Crippen molar-refractivity contribution >= 4 is 21.6 Å². The monoisotopic (exact) mass is 396 g/mol. The van der Waals surface area contributed by atoms with Crippen molar-refractivity contribution < 1.29 is 17.6 Å². The van der Waals surface area contributed by atoms with Gasteiger partial charge in [-0.05, 0) is 12.8 Å². The predicted molar refractivity (Wildman–Crippen MR) is 98.0 cm³/mol. The van der Waals surface area contributed by atoms with Crippen LogP contribution < -0.4 is 4.90 Å². The van der Waals surface area contributed by atoms with Gasteiger partial charge in [-0.1, -0.05) is 6.92 Å². The number of aromatic nitrogens is 2. The number of hydrogen-bond donors (Lipinski definition) is 0. The molecule has 1 aromatic rings. The third kappa shape index (κ3) is 3.66. The zero-order valence-electron chi connectivity index (χ0n) is 15.6. The molecule has 0 N–H and O–H groups in total. The Morgan fingerprint density at radius 3 is 2.37 bits per heavy atom. The highest BCUT2D eigenvalue weighted by atomic mass is 32.2. The van der Waals surface area contributed by atoms with Crippen LogP contribution in [0.3, 0.4) is 0 Å². The first-order valence-corrected chi connectivity index (χ1v) is 11.3. The Morgan fingerprint density at radius 1 is 1.22 bits per heavy atom. The predicted octanol–water partition coefficient (Wildman–Crippen LogP) is 1.26. The molecule has 7 nitrogen and oxygen atoms in total. The fraction of sp³-hybridized carbons (Fsp3) is 0.722. The number of carbonyl (C=O) groups excluding carboxylic acids is 1. The van der Waals surface area contributed by atoms with E-state index in [0.717, 1.165) is 37.9 Å². The molecule has 3 atom stereocenters. The zero-order chi connectivity index (χ0) is 19.3. The second kappa shape index (κ2) is 6.68. The van der Waals surface area contributed by atoms with Crippen LogP contribution in [-0.2, 0) is 14.6 Å². The Kier molecular flexibility index (Phi) is 4.60. The minimum absolute atomic E-state index is 0.104. The lowest BCUT2D eigenvalue weighted by Gasteiger charge is -2.24. The Balaban J connectivity index is 1.51. The minimum atomic E-state index is -3.47. The van der Waals surface area contributed by atoms with Gasteiger partial charge in [-0.25, -0.2) is 18.4 Å². The van der Waals surface area contributed by atoms with E-state index in [4.69, 9.17) is 0 Å². The summed E-state index contributed by atoms with van der Waals surface area (Å²) in [7, 11) is -3.47. The van der Waals surface area contributed by atoms with Crippen molar-refractivity contribution in [1.29, 1.82) is 0 Å². The van der Waals surface area contributed by atoms with E-state index in [1.54, 1.807) is 11.8 Å². The Morgan fingerprint density at radius 2 is 1.85 bits per heavy atom. The second-order valence-corrected chi connectivity index (χ2v) is 10.1. The van der Waals surface area contributed by atoms with E-state index in [1.165, 1.54) is 0 Å². The van der Waals surface area contributed by atoms with Gasteiger partial charge in [-0.3, -0.25) is 9.18 Å². The Labute approximate surface area is 158 Å². The normalized spacial score (nSPS) is 26.3. The van der Waals surface area contributed by atoms with Crippen LogP contribution in [-0.4, -0.2) is 68.3 Å². The van der Waals surface area contributed by atoms with Crippen LogP contribution in [0.25, 0.3) is 0 Å². The lowest BCUT2D eigenvalue weighted by atomic mass is 10.0. The molecule has 1 aliphatic carbocycles. The summed E-state index contributed by atoms with van der Waals surface area (Å²) in [5.41, 5.74) is 0.811. The van der Waals surface area contributed by atoms with Crippen molar-refractivity contribution in [2.45, 2.75) is 30.8 Å². The van der Waals surface area contributed by atoms with Gasteiger partial charge in [-0.15, -0.1) is 0 Å². The largest absolute Gasteiger partial charge is 0.356 e. The number of alkyl halides is 1. The number of hydrogen-bond acceptors (Lipinski definition) is 6. The molecule has 1 saturated carbocycles. The number of carbonyl (C=O) groups is 1. The maximum absolute atomic E-state index is 12.8. The van der Waals surface area contributed by atoms with Gasteiger partial charge >= 0.3 is 0 Å². The van der Waals surface area contributed by atoms with E-state index in [9.17, 15) is 17.6 Å². The number of amides is 1. The Bertz CT molecular complexity index is 844. The summed E-state index contributed by atoms with van der Waals surface area (Å²) in [6, 6.07) is 1.92. The minimum Gasteiger partial charge on any atom is -0.356 e. The zero-order valence-corrected chi connectivity index (χ0v) is 16.5. The van der Waals surface area contributed by atoms with Crippen molar-refractivity contribution in [2.75, 3.05) is 44.0 Å². The number of halogens is 1. The summed E-state index contributed by atoms with van der Waals surface area (Å²) in [5.74, 6) is 0.918. The number of rotatable bonds is 5. The average Bonchev–Trinajstić information content (AvgIpc) is 3.29. The highest BCUT2D eigenvalue weighted by molar-refractivity contribution is 7.90. The highest BCUT2D eigenvalue weighted by Crippen LogP contribution is 2.41. The Hall–Kier alpha value is -1.77. The van der Waals surface area contributed by atoms with Gasteiger partial charge in [0.05, 0.1) is 11.6 Å². The van der Waals surface area contributed by atoms with Crippen LogP contribution in [0.2, 0.25) is 0 Å². The quantitative estimate of drug-likeness (QED) is 0.697. The van der Waals surface area contributed by atoms with E-state index in [1.807, 2.05) is 6.07 Å². The smallest absolute Gasteiger partial charge is 0.248 e. The molecule has 3 fully saturated rings. The maximum Gasteiger partial charge on any atom is 0.248 e. The van der Waals surface area contributed by atoms with Crippen LogP contribution >= 0.6 is 0 Å². The van der Waals surface area contributed by atoms with Gasteiger partial charge in [-0.2, -0.15) is 0 Å². The number of nitrogens with zero attached hydrogens (tertiary/aromatic N) is 4. The summed E-state index contributed by atoms with van der Waals surface area (Å²) in [4.78, 5) is 24.7. The number of likely N-dealkylation sites (tertiary alicyclic amines) is 1. The molecule has 2 saturated heterocycles. The van der Waals surface area contributed by atoms with Crippen LogP contribution in [0.4, 0.5) is 10.2 Å². The molecular weight excluding hydrogens is 371 g/mol. The molecular formula is C18H25FN4O3S. The van der Waals surface area contributed by atoms with Gasteiger partial charge in [0.25, 0.3) is 0 Å². The van der Waals surface area contributed by atoms with Crippen LogP contribution in [0.15, 0.2) is 11.2 Å². The summed E-state index contributed by atoms with van der Waals surface area (Å²) in [6.07, 6.45) is 3.21. The molecule has 0 bridgehead atoms. The van der Waals surface area contributed by atoms with E-state index in [0.29, 0.717) is 36.7 Å². The molecule has 1 unspecified atom stereocenters. The molecule has 9 heteroatoms. The summed E-state index contributed by atoms with van der Waals surface area (Å²) < 4.78 is 36.8. The van der Waals surface area contributed by atoms with Gasteiger partial charge < -0.3 is 9.80 Å². The molecule has 0 aromatic carbocycles. The van der Waals surface area contributed by atoms with Gasteiger partial charge in [0.2, 0.25) is 20.9 Å². The van der Waals surface area contributed by atoms with Crippen molar-refractivity contribution in [1.82, 2.24) is 14.9 Å². The van der Waals surface area contributed by atoms with Gasteiger partial charge in [0.1, 0.15) is 12.5 Å². The topological polar surface area (TPSA) is 83.5 Å². The van der Waals surface area contributed by atoms with Crippen molar-refractivity contribution in [3.8, 4) is 0 Å². The number of sulfone groups is 1. The standard InChI is InChI=1S/C18H25FN4O3S/c1-11(6-19)17(24)23-9-13-7-22(8-14(13)10-23)16-5-15(12-3-4-12)20-18(21-16)27(2,25)26/h5,11-14H,3-4,6-10H2,1-2H3/t11?,13-,14+. The SMILES string of the molecule is CC(CF)C(=O)N1C[C@@H]2CN(c3cc(C4CC4)nc(S(C)(=O)=O)n3)C[C@@H]2C1. The fourth-order valence-electron chi connectivity index (χ4n) is 4.08. The van der Waals surface area contributed by atoms with Crippen LogP contribution in [0.1, 0.15) is 31.4 Å². The molecule has 3 aliphatic rings. The van der Waals surface area contributed by atoms with Crippen molar-refractivity contribution in [3.63, 3.8) is 0 Å². The third-order valence-corrected chi connectivity index (χ3v) is 6.66. The molecule has 1 aromatic heterocycles. The first-order chi connectivity index (χ1) is 12.8. The molecule has 148 valence electrons. The lowest BCUT2D eigenvalue weighted by Crippen LogP contribution is -2.37. The first-order valence-electron chi connectivity index (χ1n) is 9.45. The molecule has 0 radical (unpaired) electrons. The molecule has 0 spiro atoms.